The van der Waals surface area contributed by atoms with Crippen LogP contribution in [0.4, 0.5) is 15.8 Å². The van der Waals surface area contributed by atoms with Gasteiger partial charge >= 0.3 is 0 Å². The summed E-state index contributed by atoms with van der Waals surface area (Å²) >= 11 is 5.32. The van der Waals surface area contributed by atoms with Gasteiger partial charge in [-0.25, -0.2) is 4.39 Å². The van der Waals surface area contributed by atoms with Crippen LogP contribution in [0.3, 0.4) is 0 Å². The summed E-state index contributed by atoms with van der Waals surface area (Å²) in [6.45, 7) is 13.3. The van der Waals surface area contributed by atoms with Crippen LogP contribution in [0.2, 0.25) is 0 Å². The average molecular weight is 494 g/mol. The van der Waals surface area contributed by atoms with Gasteiger partial charge in [0.25, 0.3) is 11.8 Å². The zero-order valence-electron chi connectivity index (χ0n) is 21.2. The van der Waals surface area contributed by atoms with E-state index in [1.54, 1.807) is 18.2 Å². The van der Waals surface area contributed by atoms with E-state index in [9.17, 15) is 9.59 Å². The molecule has 5 nitrogen and oxygen atoms in total. The highest BCUT2D eigenvalue weighted by Gasteiger charge is 2.38. The van der Waals surface area contributed by atoms with E-state index in [2.05, 4.69) is 37.9 Å². The zero-order chi connectivity index (χ0) is 25.7. The maximum absolute atomic E-state index is 15.4. The Bertz CT molecular complexity index is 1270. The fourth-order valence-electron chi connectivity index (χ4n) is 5.37. The third-order valence-electron chi connectivity index (χ3n) is 6.95. The standard InChI is InChI=1S/C28H32FN3O2S/c1-7-10-31-24-14-22(29)19(12-20(24)18(4)15-28(31,5)6)13-21-25(33)30-27(35)32(26(21)34)23-9-8-16(2)11-17(23)3/h8-9,11-14,18H,7,10,15H2,1-6H3,(H,30,33,35)/b21-13-. The zero-order valence-corrected chi connectivity index (χ0v) is 22.0. The molecule has 2 aliphatic heterocycles. The molecule has 1 saturated heterocycles. The van der Waals surface area contributed by atoms with E-state index in [-0.39, 0.29) is 27.7 Å². The smallest absolute Gasteiger partial charge is 0.270 e. The first-order chi connectivity index (χ1) is 16.4. The molecule has 1 fully saturated rings. The summed E-state index contributed by atoms with van der Waals surface area (Å²) in [6.07, 6.45) is 3.23. The van der Waals surface area contributed by atoms with E-state index in [1.807, 2.05) is 26.0 Å². The molecule has 0 radical (unpaired) electrons. The largest absolute Gasteiger partial charge is 0.366 e. The maximum atomic E-state index is 15.4. The Kier molecular flexibility index (Phi) is 6.58. The van der Waals surface area contributed by atoms with Crippen molar-refractivity contribution in [3.8, 4) is 0 Å². The third kappa shape index (κ3) is 4.49. The highest BCUT2D eigenvalue weighted by Crippen LogP contribution is 2.44. The number of amides is 2. The van der Waals surface area contributed by atoms with Crippen molar-refractivity contribution in [2.75, 3.05) is 16.3 Å². The average Bonchev–Trinajstić information content (AvgIpc) is 2.75. The van der Waals surface area contributed by atoms with Crippen molar-refractivity contribution in [2.24, 2.45) is 0 Å². The lowest BCUT2D eigenvalue weighted by Crippen LogP contribution is -2.54. The second kappa shape index (κ2) is 9.19. The number of anilines is 2. The minimum absolute atomic E-state index is 0.0149. The molecular weight excluding hydrogens is 461 g/mol. The minimum atomic E-state index is -0.625. The normalized spacial score (nSPS) is 20.8. The molecule has 2 aromatic carbocycles. The first-order valence-electron chi connectivity index (χ1n) is 12.0. The number of hydrogen-bond donors (Lipinski definition) is 1. The van der Waals surface area contributed by atoms with E-state index < -0.39 is 17.6 Å². The Labute approximate surface area is 212 Å². The van der Waals surface area contributed by atoms with Crippen molar-refractivity contribution in [1.82, 2.24) is 5.32 Å². The van der Waals surface area contributed by atoms with Gasteiger partial charge in [0.05, 0.1) is 5.69 Å². The molecule has 184 valence electrons. The number of benzene rings is 2. The summed E-state index contributed by atoms with van der Waals surface area (Å²) in [5, 5.41) is 2.61. The van der Waals surface area contributed by atoms with Gasteiger partial charge in [-0.05, 0) is 94.1 Å². The van der Waals surface area contributed by atoms with Gasteiger partial charge in [0.15, 0.2) is 5.11 Å². The molecule has 4 rings (SSSR count). The topological polar surface area (TPSA) is 52.7 Å². The minimum Gasteiger partial charge on any atom is -0.366 e. The van der Waals surface area contributed by atoms with Crippen molar-refractivity contribution < 1.29 is 14.0 Å². The van der Waals surface area contributed by atoms with Crippen molar-refractivity contribution in [2.45, 2.75) is 65.8 Å². The summed E-state index contributed by atoms with van der Waals surface area (Å²) in [5.74, 6) is -1.44. The predicted molar refractivity (Wildman–Crippen MR) is 143 cm³/mol. The second-order valence-corrected chi connectivity index (χ2v) is 10.6. The summed E-state index contributed by atoms with van der Waals surface area (Å²) < 4.78 is 15.4. The number of halogens is 1. The number of thiocarbonyl (C=S) groups is 1. The van der Waals surface area contributed by atoms with Gasteiger partial charge in [-0.15, -0.1) is 0 Å². The third-order valence-corrected chi connectivity index (χ3v) is 7.23. The van der Waals surface area contributed by atoms with Crippen LogP contribution < -0.4 is 15.1 Å². The van der Waals surface area contributed by atoms with Crippen LogP contribution in [0.1, 0.15) is 68.7 Å². The molecule has 0 saturated carbocycles. The second-order valence-electron chi connectivity index (χ2n) is 10.2. The lowest BCUT2D eigenvalue weighted by Gasteiger charge is -2.47. The first-order valence-corrected chi connectivity index (χ1v) is 12.4. The Morgan fingerprint density at radius 2 is 1.89 bits per heavy atom. The van der Waals surface area contributed by atoms with E-state index in [0.717, 1.165) is 41.8 Å². The van der Waals surface area contributed by atoms with Gasteiger partial charge in [0.1, 0.15) is 11.4 Å². The Hall–Kier alpha value is -3.06. The molecule has 0 aliphatic carbocycles. The molecule has 0 aromatic heterocycles. The summed E-state index contributed by atoms with van der Waals surface area (Å²) in [7, 11) is 0. The fourth-order valence-corrected chi connectivity index (χ4v) is 5.64. The van der Waals surface area contributed by atoms with Gasteiger partial charge in [-0.3, -0.25) is 19.8 Å². The summed E-state index contributed by atoms with van der Waals surface area (Å²) in [4.78, 5) is 29.8. The Morgan fingerprint density at radius 1 is 1.17 bits per heavy atom. The highest BCUT2D eigenvalue weighted by atomic mass is 32.1. The number of carbonyl (C=O) groups is 2. The highest BCUT2D eigenvalue weighted by molar-refractivity contribution is 7.80. The molecular formula is C28H32FN3O2S. The van der Waals surface area contributed by atoms with Crippen molar-refractivity contribution in [1.29, 1.82) is 0 Å². The summed E-state index contributed by atoms with van der Waals surface area (Å²) in [6, 6.07) is 8.96. The van der Waals surface area contributed by atoms with E-state index >= 15 is 4.39 Å². The van der Waals surface area contributed by atoms with Crippen LogP contribution in [0, 0.1) is 19.7 Å². The molecule has 2 aromatic rings. The van der Waals surface area contributed by atoms with Gasteiger partial charge in [-0.1, -0.05) is 31.5 Å². The molecule has 2 heterocycles. The molecule has 1 atom stereocenters. The van der Waals surface area contributed by atoms with Gasteiger partial charge in [0, 0.05) is 23.3 Å². The lowest BCUT2D eigenvalue weighted by molar-refractivity contribution is -0.122. The van der Waals surface area contributed by atoms with Gasteiger partial charge in [0.2, 0.25) is 0 Å². The molecule has 35 heavy (non-hydrogen) atoms. The SMILES string of the molecule is CCCN1c2cc(F)c(/C=C3/C(=O)NC(=S)N(c4ccc(C)cc4C)C3=O)cc2C(C)CC1(C)C. The van der Waals surface area contributed by atoms with Gasteiger partial charge < -0.3 is 4.90 Å². The number of aryl methyl sites for hydroxylation is 2. The quantitative estimate of drug-likeness (QED) is 0.333. The van der Waals surface area contributed by atoms with Crippen LogP contribution in [-0.4, -0.2) is 29.0 Å². The van der Waals surface area contributed by atoms with Crippen LogP contribution in [0.5, 0.6) is 0 Å². The monoisotopic (exact) mass is 493 g/mol. The summed E-state index contributed by atoms with van der Waals surface area (Å²) in [5.41, 5.74) is 4.38. The predicted octanol–water partition coefficient (Wildman–Crippen LogP) is 5.78. The number of nitrogens with zero attached hydrogens (tertiary/aromatic N) is 2. The molecule has 7 heteroatoms. The number of nitrogens with one attached hydrogen (secondary N) is 1. The Balaban J connectivity index is 1.78. The maximum Gasteiger partial charge on any atom is 0.270 e. The van der Waals surface area contributed by atoms with Crippen molar-refractivity contribution >= 4 is 46.6 Å². The number of rotatable bonds is 4. The molecule has 0 bridgehead atoms. The lowest BCUT2D eigenvalue weighted by atomic mass is 9.79. The molecule has 2 amide bonds. The fraction of sp³-hybridized carbons (Fsp3) is 0.393. The van der Waals surface area contributed by atoms with Crippen LogP contribution >= 0.6 is 12.2 Å². The number of carbonyl (C=O) groups excluding carboxylic acids is 2. The molecule has 2 aliphatic rings. The van der Waals surface area contributed by atoms with E-state index in [4.69, 9.17) is 12.2 Å². The van der Waals surface area contributed by atoms with Crippen LogP contribution in [0.15, 0.2) is 35.9 Å². The van der Waals surface area contributed by atoms with Crippen LogP contribution in [-0.2, 0) is 9.59 Å². The molecule has 1 N–H and O–H groups in total. The van der Waals surface area contributed by atoms with Crippen LogP contribution in [0.25, 0.3) is 6.08 Å². The van der Waals surface area contributed by atoms with E-state index in [1.165, 1.54) is 11.0 Å². The van der Waals surface area contributed by atoms with Crippen molar-refractivity contribution in [3.63, 3.8) is 0 Å². The number of hydrogen-bond acceptors (Lipinski definition) is 4. The Morgan fingerprint density at radius 3 is 2.54 bits per heavy atom. The first kappa shape index (κ1) is 25.0. The molecule has 1 unspecified atom stereocenters. The van der Waals surface area contributed by atoms with Crippen molar-refractivity contribution in [3.05, 3.63) is 64.0 Å². The molecule has 0 spiro atoms. The van der Waals surface area contributed by atoms with E-state index in [0.29, 0.717) is 5.69 Å². The number of fused-ring (bicyclic) bond motifs is 1. The van der Waals surface area contributed by atoms with Gasteiger partial charge in [-0.2, -0.15) is 0 Å².